The van der Waals surface area contributed by atoms with Crippen LogP contribution in [-0.2, 0) is 22.3 Å². The summed E-state index contributed by atoms with van der Waals surface area (Å²) in [5, 5.41) is 18.2. The molecule has 1 atom stereocenters. The number of Topliss-reactive ketones (excluding diaryl/α,β-unsaturated/α-hetero) is 1. The van der Waals surface area contributed by atoms with Gasteiger partial charge in [-0.25, -0.2) is 8.51 Å². The quantitative estimate of drug-likeness (QED) is 0.529. The number of hydrogen-bond donors (Lipinski definition) is 3. The maximum absolute atomic E-state index is 12.2. The first kappa shape index (κ1) is 22.2. The summed E-state index contributed by atoms with van der Waals surface area (Å²) in [6, 6.07) is 1.99. The Balaban J connectivity index is 2.17. The zero-order valence-corrected chi connectivity index (χ0v) is 18.6. The lowest BCUT2D eigenvalue weighted by Crippen LogP contribution is -2.19. The van der Waals surface area contributed by atoms with Gasteiger partial charge in [-0.1, -0.05) is 13.8 Å². The van der Waals surface area contributed by atoms with Gasteiger partial charge in [-0.05, 0) is 38.6 Å². The van der Waals surface area contributed by atoms with Gasteiger partial charge in [0.25, 0.3) is 0 Å². The van der Waals surface area contributed by atoms with Gasteiger partial charge < -0.3 is 20.2 Å². The second kappa shape index (κ2) is 9.40. The van der Waals surface area contributed by atoms with E-state index in [0.717, 1.165) is 11.3 Å². The molecular formula is C19H27N3O4S2. The van der Waals surface area contributed by atoms with Crippen molar-refractivity contribution in [3.05, 3.63) is 40.4 Å². The summed E-state index contributed by atoms with van der Waals surface area (Å²) in [5.74, 6) is 0.851. The molecule has 0 aliphatic carbocycles. The van der Waals surface area contributed by atoms with Crippen LogP contribution in [0.5, 0.6) is 5.75 Å². The predicted octanol–water partition coefficient (Wildman–Crippen LogP) is 3.78. The third-order valence-corrected chi connectivity index (χ3v) is 6.73. The van der Waals surface area contributed by atoms with Crippen molar-refractivity contribution in [3.63, 3.8) is 0 Å². The molecule has 0 aromatic carbocycles. The van der Waals surface area contributed by atoms with Gasteiger partial charge in [0.15, 0.2) is 15.7 Å². The van der Waals surface area contributed by atoms with Crippen LogP contribution < -0.4 is 10.6 Å². The minimum Gasteiger partial charge on any atom is -0.504 e. The van der Waals surface area contributed by atoms with E-state index >= 15 is 0 Å². The fraction of sp³-hybridized carbons (Fsp3) is 0.421. The van der Waals surface area contributed by atoms with E-state index < -0.39 is 11.0 Å². The molecule has 0 fully saturated rings. The van der Waals surface area contributed by atoms with E-state index in [9.17, 15) is 14.1 Å². The molecule has 2 aromatic rings. The Labute approximate surface area is 172 Å². The largest absolute Gasteiger partial charge is 0.504 e. The highest BCUT2D eigenvalue weighted by Crippen LogP contribution is 2.38. The van der Waals surface area contributed by atoms with E-state index in [1.54, 1.807) is 32.7 Å². The predicted molar refractivity (Wildman–Crippen MR) is 113 cm³/mol. The maximum atomic E-state index is 12.2. The summed E-state index contributed by atoms with van der Waals surface area (Å²) in [6.45, 7) is 7.84. The molecule has 7 nitrogen and oxygen atoms in total. The molecule has 0 saturated carbocycles. The Morgan fingerprint density at radius 3 is 2.57 bits per heavy atom. The van der Waals surface area contributed by atoms with Crippen molar-refractivity contribution in [2.45, 2.75) is 44.4 Å². The number of hydrogen-bond acceptors (Lipinski definition) is 7. The maximum Gasteiger partial charge on any atom is 0.177 e. The molecule has 28 heavy (non-hydrogen) atoms. The van der Waals surface area contributed by atoms with Crippen LogP contribution in [-0.4, -0.2) is 33.5 Å². The van der Waals surface area contributed by atoms with Crippen LogP contribution in [0.25, 0.3) is 0 Å². The SMILES string of the molecule is CC(=O)/C(Nc1csc(S(=O)N(C)C)c1O)=C(\C)NCc1cc(C(C)C)co1. The Morgan fingerprint density at radius 2 is 2.04 bits per heavy atom. The lowest BCUT2D eigenvalue weighted by atomic mass is 10.1. The fourth-order valence-corrected chi connectivity index (χ4v) is 4.54. The molecule has 0 amide bonds. The van der Waals surface area contributed by atoms with Crippen molar-refractivity contribution in [3.8, 4) is 5.75 Å². The summed E-state index contributed by atoms with van der Waals surface area (Å²) in [6.07, 6.45) is 1.74. The molecule has 154 valence electrons. The number of aromatic hydroxyl groups is 1. The van der Waals surface area contributed by atoms with Crippen molar-refractivity contribution in [1.82, 2.24) is 9.62 Å². The normalized spacial score (nSPS) is 13.6. The zero-order valence-electron chi connectivity index (χ0n) is 17.0. The average Bonchev–Trinajstić information content (AvgIpc) is 3.23. The van der Waals surface area contributed by atoms with Crippen molar-refractivity contribution < 1.29 is 18.5 Å². The molecule has 0 saturated heterocycles. The molecule has 0 radical (unpaired) electrons. The summed E-state index contributed by atoms with van der Waals surface area (Å²) < 4.78 is 19.6. The fourth-order valence-electron chi connectivity index (χ4n) is 2.39. The monoisotopic (exact) mass is 425 g/mol. The van der Waals surface area contributed by atoms with E-state index in [1.165, 1.54) is 22.6 Å². The number of nitrogens with zero attached hydrogens (tertiary/aromatic N) is 1. The third-order valence-electron chi connectivity index (χ3n) is 4.08. The first-order valence-electron chi connectivity index (χ1n) is 8.81. The summed E-state index contributed by atoms with van der Waals surface area (Å²) in [7, 11) is 1.87. The molecule has 0 bridgehead atoms. The van der Waals surface area contributed by atoms with Crippen LogP contribution >= 0.6 is 11.3 Å². The van der Waals surface area contributed by atoms with Gasteiger partial charge in [-0.2, -0.15) is 0 Å². The standard InChI is InChI=1S/C19H27N3O4S2/c1-11(2)14-7-15(26-9-14)8-20-12(3)17(13(4)23)21-16-10-27-19(18(16)24)28(25)22(5)6/h7,9-11,20-21,24H,8H2,1-6H3/b17-12-. The van der Waals surface area contributed by atoms with Crippen LogP contribution in [0.15, 0.2) is 37.7 Å². The Bertz CT molecular complexity index is 897. The molecule has 2 heterocycles. The second-order valence-corrected chi connectivity index (χ2v) is 9.66. The number of rotatable bonds is 9. The average molecular weight is 426 g/mol. The Hall–Kier alpha value is -2.10. The molecule has 3 N–H and O–H groups in total. The van der Waals surface area contributed by atoms with E-state index in [4.69, 9.17) is 4.42 Å². The molecule has 2 rings (SSSR count). The number of furan rings is 1. The van der Waals surface area contributed by atoms with Crippen molar-refractivity contribution in [2.75, 3.05) is 19.4 Å². The number of carbonyl (C=O) groups excluding carboxylic acids is 1. The van der Waals surface area contributed by atoms with Crippen LogP contribution in [0.3, 0.4) is 0 Å². The van der Waals surface area contributed by atoms with Crippen LogP contribution in [0.2, 0.25) is 0 Å². The van der Waals surface area contributed by atoms with Crippen molar-refractivity contribution >= 4 is 33.8 Å². The van der Waals surface area contributed by atoms with Crippen molar-refractivity contribution in [1.29, 1.82) is 0 Å². The van der Waals surface area contributed by atoms with Gasteiger partial charge in [-0.3, -0.25) is 4.79 Å². The van der Waals surface area contributed by atoms with Gasteiger partial charge in [0.1, 0.15) is 22.4 Å². The summed E-state index contributed by atoms with van der Waals surface area (Å²) in [5.41, 5.74) is 2.41. The number of nitrogens with one attached hydrogen (secondary N) is 2. The molecule has 9 heteroatoms. The number of ketones is 1. The molecular weight excluding hydrogens is 398 g/mol. The van der Waals surface area contributed by atoms with Gasteiger partial charge >= 0.3 is 0 Å². The molecule has 1 unspecified atom stereocenters. The molecule has 2 aromatic heterocycles. The number of carbonyl (C=O) groups is 1. The minimum absolute atomic E-state index is 0.115. The lowest BCUT2D eigenvalue weighted by Gasteiger charge is -2.13. The van der Waals surface area contributed by atoms with E-state index in [2.05, 4.69) is 24.5 Å². The first-order chi connectivity index (χ1) is 13.1. The van der Waals surface area contributed by atoms with Crippen LogP contribution in [0.4, 0.5) is 5.69 Å². The second-order valence-electron chi connectivity index (χ2n) is 6.88. The Morgan fingerprint density at radius 1 is 1.36 bits per heavy atom. The molecule has 0 spiro atoms. The molecule has 0 aliphatic heterocycles. The highest BCUT2D eigenvalue weighted by molar-refractivity contribution is 7.85. The van der Waals surface area contributed by atoms with E-state index in [1.807, 2.05) is 6.07 Å². The van der Waals surface area contributed by atoms with Crippen molar-refractivity contribution in [2.24, 2.45) is 0 Å². The van der Waals surface area contributed by atoms with Gasteiger partial charge in [0.05, 0.1) is 18.5 Å². The van der Waals surface area contributed by atoms with Gasteiger partial charge in [0.2, 0.25) is 0 Å². The first-order valence-corrected chi connectivity index (χ1v) is 10.8. The summed E-state index contributed by atoms with van der Waals surface area (Å²) in [4.78, 5) is 12.1. The van der Waals surface area contributed by atoms with Crippen LogP contribution in [0, 0.1) is 0 Å². The Kier molecular flexibility index (Phi) is 7.45. The molecule has 0 aliphatic rings. The third kappa shape index (κ3) is 5.24. The smallest absolute Gasteiger partial charge is 0.177 e. The number of thiophene rings is 1. The highest BCUT2D eigenvalue weighted by Gasteiger charge is 2.20. The van der Waals surface area contributed by atoms with E-state index in [-0.39, 0.29) is 11.5 Å². The van der Waals surface area contributed by atoms with Crippen LogP contribution in [0.1, 0.15) is 44.9 Å². The topological polar surface area (TPSA) is 94.8 Å². The lowest BCUT2D eigenvalue weighted by molar-refractivity contribution is -0.113. The van der Waals surface area contributed by atoms with Gasteiger partial charge in [-0.15, -0.1) is 11.3 Å². The minimum atomic E-state index is -1.46. The highest BCUT2D eigenvalue weighted by atomic mass is 32.2. The van der Waals surface area contributed by atoms with E-state index in [0.29, 0.717) is 33.8 Å². The van der Waals surface area contributed by atoms with Gasteiger partial charge in [0, 0.05) is 18.0 Å². The number of anilines is 1. The zero-order chi connectivity index (χ0) is 21.0. The number of allylic oxidation sites excluding steroid dienone is 2. The summed E-state index contributed by atoms with van der Waals surface area (Å²) >= 11 is 1.17.